The molecule has 3 aromatic carbocycles. The highest BCUT2D eigenvalue weighted by Gasteiger charge is 2.15. The molecule has 2 aromatic heterocycles. The van der Waals surface area contributed by atoms with Crippen LogP contribution in [-0.2, 0) is 6.54 Å². The lowest BCUT2D eigenvalue weighted by molar-refractivity contribution is 0.414. The molecule has 0 saturated carbocycles. The summed E-state index contributed by atoms with van der Waals surface area (Å²) in [6.45, 7) is 0.625. The van der Waals surface area contributed by atoms with Crippen LogP contribution in [0.3, 0.4) is 0 Å². The molecular weight excluding hydrogens is 527 g/mol. The first kappa shape index (κ1) is 21.3. The molecule has 0 aliphatic rings. The summed E-state index contributed by atoms with van der Waals surface area (Å²) >= 11 is 2.27. The molecule has 0 unspecified atom stereocenters. The molecule has 0 atom stereocenters. The summed E-state index contributed by atoms with van der Waals surface area (Å²) in [6, 6.07) is 27.6. The molecule has 0 aliphatic carbocycles. The Morgan fingerprint density at radius 2 is 1.67 bits per heavy atom. The fourth-order valence-corrected chi connectivity index (χ4v) is 4.38. The lowest BCUT2D eigenvalue weighted by Crippen LogP contribution is -2.03. The first-order chi connectivity index (χ1) is 16.2. The van der Waals surface area contributed by atoms with Gasteiger partial charge in [-0.3, -0.25) is 0 Å². The lowest BCUT2D eigenvalue weighted by atomic mass is 10.2. The van der Waals surface area contributed by atoms with E-state index in [4.69, 9.17) is 14.6 Å². The van der Waals surface area contributed by atoms with Crippen LogP contribution in [0.5, 0.6) is 17.2 Å². The predicted molar refractivity (Wildman–Crippen MR) is 139 cm³/mol. The number of hydrogen-bond donors (Lipinski definition) is 1. The zero-order chi connectivity index (χ0) is 22.6. The Hall–Kier alpha value is -3.59. The van der Waals surface area contributed by atoms with Crippen molar-refractivity contribution in [1.29, 1.82) is 0 Å². The maximum Gasteiger partial charge on any atom is 0.161 e. The number of nitrogens with one attached hydrogen (secondary N) is 1. The van der Waals surface area contributed by atoms with E-state index >= 15 is 0 Å². The number of halogens is 1. The van der Waals surface area contributed by atoms with Crippen molar-refractivity contribution >= 4 is 45.0 Å². The van der Waals surface area contributed by atoms with Crippen molar-refractivity contribution in [3.05, 3.63) is 100 Å². The second kappa shape index (κ2) is 9.50. The number of nitrogens with zero attached hydrogens (tertiary/aromatic N) is 3. The van der Waals surface area contributed by atoms with E-state index in [9.17, 15) is 0 Å². The number of hydrogen-bond acceptors (Lipinski definition) is 5. The normalized spacial score (nSPS) is 10.8. The molecule has 0 spiro atoms. The van der Waals surface area contributed by atoms with Gasteiger partial charge >= 0.3 is 0 Å². The van der Waals surface area contributed by atoms with Crippen molar-refractivity contribution in [2.45, 2.75) is 6.54 Å². The molecule has 2 heterocycles. The van der Waals surface area contributed by atoms with Gasteiger partial charge in [-0.2, -0.15) is 5.10 Å². The average molecular weight is 548 g/mol. The number of fused-ring (bicyclic) bond motifs is 1. The zero-order valence-electron chi connectivity index (χ0n) is 17.9. The molecular formula is C26H21IN4O2. The fourth-order valence-electron chi connectivity index (χ4n) is 3.59. The number of pyridine rings is 1. The summed E-state index contributed by atoms with van der Waals surface area (Å²) in [5.41, 5.74) is 3.83. The van der Waals surface area contributed by atoms with Gasteiger partial charge in [0.05, 0.1) is 24.7 Å². The fraction of sp³-hybridized carbons (Fsp3) is 0.0769. The lowest BCUT2D eigenvalue weighted by Gasteiger charge is -2.11. The van der Waals surface area contributed by atoms with E-state index in [0.29, 0.717) is 6.54 Å². The van der Waals surface area contributed by atoms with Crippen LogP contribution >= 0.6 is 22.6 Å². The minimum absolute atomic E-state index is 0.625. The largest absolute Gasteiger partial charge is 0.497 e. The maximum absolute atomic E-state index is 5.98. The third-order valence-electron chi connectivity index (χ3n) is 5.17. The van der Waals surface area contributed by atoms with Gasteiger partial charge in [-0.25, -0.2) is 9.67 Å². The summed E-state index contributed by atoms with van der Waals surface area (Å²) in [5.74, 6) is 2.40. The second-order valence-electron chi connectivity index (χ2n) is 7.42. The first-order valence-electron chi connectivity index (χ1n) is 10.4. The van der Waals surface area contributed by atoms with Crippen molar-refractivity contribution in [3.8, 4) is 17.2 Å². The number of aromatic nitrogens is 3. The van der Waals surface area contributed by atoms with Crippen LogP contribution in [0, 0.1) is 3.70 Å². The van der Waals surface area contributed by atoms with Crippen molar-refractivity contribution in [3.63, 3.8) is 0 Å². The standard InChI is InChI=1S/C26H21IN4O2/c1-32-20-12-10-18(11-13-20)17-31-26-24(25(27)30-31)23(14-15-28-26)29-19-6-5-9-22(16-19)33-21-7-3-2-4-8-21/h2-16H,17H2,1H3,(H,28,29). The molecule has 33 heavy (non-hydrogen) atoms. The van der Waals surface area contributed by atoms with Crippen LogP contribution in [0.2, 0.25) is 0 Å². The maximum atomic E-state index is 5.98. The Bertz CT molecular complexity index is 1390. The van der Waals surface area contributed by atoms with E-state index in [1.807, 2.05) is 89.6 Å². The molecule has 7 heteroatoms. The van der Waals surface area contributed by atoms with Gasteiger partial charge in [-0.05, 0) is 70.6 Å². The van der Waals surface area contributed by atoms with Gasteiger partial charge in [-0.15, -0.1) is 0 Å². The third kappa shape index (κ3) is 4.78. The van der Waals surface area contributed by atoms with E-state index in [1.165, 1.54) is 0 Å². The van der Waals surface area contributed by atoms with E-state index < -0.39 is 0 Å². The SMILES string of the molecule is COc1ccc(Cn2nc(I)c3c(Nc4cccc(Oc5ccccc5)c4)ccnc32)cc1. The minimum atomic E-state index is 0.625. The molecule has 0 aliphatic heterocycles. The van der Waals surface area contributed by atoms with Gasteiger partial charge in [0.1, 0.15) is 20.9 Å². The molecule has 6 nitrogen and oxygen atoms in total. The Morgan fingerprint density at radius 3 is 2.45 bits per heavy atom. The summed E-state index contributed by atoms with van der Waals surface area (Å²) in [4.78, 5) is 4.61. The molecule has 5 rings (SSSR count). The summed E-state index contributed by atoms with van der Waals surface area (Å²) in [7, 11) is 1.67. The number of methoxy groups -OCH3 is 1. The van der Waals surface area contributed by atoms with Crippen LogP contribution in [0.25, 0.3) is 11.0 Å². The molecule has 0 radical (unpaired) electrons. The molecule has 0 saturated heterocycles. The van der Waals surface area contributed by atoms with Gasteiger partial charge in [0.2, 0.25) is 0 Å². The van der Waals surface area contributed by atoms with E-state index in [-0.39, 0.29) is 0 Å². The number of benzene rings is 3. The summed E-state index contributed by atoms with van der Waals surface area (Å²) in [6.07, 6.45) is 1.80. The molecule has 0 amide bonds. The molecule has 0 bridgehead atoms. The Labute approximate surface area is 205 Å². The molecule has 5 aromatic rings. The van der Waals surface area contributed by atoms with Crippen molar-refractivity contribution in [2.75, 3.05) is 12.4 Å². The first-order valence-corrected chi connectivity index (χ1v) is 11.5. The van der Waals surface area contributed by atoms with Crippen molar-refractivity contribution in [2.24, 2.45) is 0 Å². The van der Waals surface area contributed by atoms with E-state index in [1.54, 1.807) is 13.3 Å². The van der Waals surface area contributed by atoms with Crippen molar-refractivity contribution in [1.82, 2.24) is 14.8 Å². The van der Waals surface area contributed by atoms with Crippen LogP contribution in [0.15, 0.2) is 91.1 Å². The molecule has 1 N–H and O–H groups in total. The smallest absolute Gasteiger partial charge is 0.161 e. The van der Waals surface area contributed by atoms with Gasteiger partial charge in [-0.1, -0.05) is 36.4 Å². The average Bonchev–Trinajstić information content (AvgIpc) is 3.16. The van der Waals surface area contributed by atoms with E-state index in [2.05, 4.69) is 32.9 Å². The number of para-hydroxylation sites is 1. The minimum Gasteiger partial charge on any atom is -0.497 e. The van der Waals surface area contributed by atoms with Crippen molar-refractivity contribution < 1.29 is 9.47 Å². The predicted octanol–water partition coefficient (Wildman–Crippen LogP) is 6.63. The topological polar surface area (TPSA) is 61.2 Å². The summed E-state index contributed by atoms with van der Waals surface area (Å²) < 4.78 is 14.1. The van der Waals surface area contributed by atoms with Crippen LogP contribution in [-0.4, -0.2) is 21.9 Å². The highest BCUT2D eigenvalue weighted by Crippen LogP contribution is 2.31. The number of rotatable bonds is 7. The van der Waals surface area contributed by atoms with Gasteiger partial charge in [0.15, 0.2) is 5.65 Å². The zero-order valence-corrected chi connectivity index (χ0v) is 20.1. The van der Waals surface area contributed by atoms with Crippen LogP contribution < -0.4 is 14.8 Å². The Kier molecular flexibility index (Phi) is 6.12. The molecule has 164 valence electrons. The van der Waals surface area contributed by atoms with Gasteiger partial charge in [0, 0.05) is 18.0 Å². The third-order valence-corrected chi connectivity index (χ3v) is 5.93. The van der Waals surface area contributed by atoms with Gasteiger partial charge < -0.3 is 14.8 Å². The Balaban J connectivity index is 1.42. The quantitative estimate of drug-likeness (QED) is 0.232. The monoisotopic (exact) mass is 548 g/mol. The molecule has 0 fully saturated rings. The Morgan fingerprint density at radius 1 is 0.879 bits per heavy atom. The van der Waals surface area contributed by atoms with Crippen LogP contribution in [0.4, 0.5) is 11.4 Å². The summed E-state index contributed by atoms with van der Waals surface area (Å²) in [5, 5.41) is 9.25. The van der Waals surface area contributed by atoms with E-state index in [0.717, 1.165) is 48.9 Å². The van der Waals surface area contributed by atoms with Gasteiger partial charge in [0.25, 0.3) is 0 Å². The number of anilines is 2. The number of ether oxygens (including phenoxy) is 2. The second-order valence-corrected chi connectivity index (χ2v) is 8.44. The van der Waals surface area contributed by atoms with Crippen LogP contribution in [0.1, 0.15) is 5.56 Å². The highest BCUT2D eigenvalue weighted by molar-refractivity contribution is 14.1. The highest BCUT2D eigenvalue weighted by atomic mass is 127.